The summed E-state index contributed by atoms with van der Waals surface area (Å²) in [5.74, 6) is -4.56. The zero-order chi connectivity index (χ0) is 24.9. The standard InChI is InChI=1S/C24H26F2N2O6/c1-12-7-14(28(9-12)23(32)34-24(2,3)4)11-33-21-18(26)17(25)8-15-19(21)27(13-5-6-13)10-16(20(15)29)22(30)31/h8,10,13-14H,1,5-7,9,11H2,2-4H3,(H,30,31)/t14-/m0/s1. The highest BCUT2D eigenvalue weighted by atomic mass is 19.2. The molecular formula is C24H26F2N2O6. The summed E-state index contributed by atoms with van der Waals surface area (Å²) in [6.07, 6.45) is 2.35. The predicted molar refractivity (Wildman–Crippen MR) is 119 cm³/mol. The Morgan fingerprint density at radius 1 is 1.26 bits per heavy atom. The van der Waals surface area contributed by atoms with Crippen LogP contribution in [0.2, 0.25) is 0 Å². The summed E-state index contributed by atoms with van der Waals surface area (Å²) >= 11 is 0. The van der Waals surface area contributed by atoms with E-state index in [2.05, 4.69) is 6.58 Å². The predicted octanol–water partition coefficient (Wildman–Crippen LogP) is 4.26. The molecule has 0 spiro atoms. The number of ether oxygens (including phenoxy) is 2. The molecule has 1 saturated carbocycles. The Bertz CT molecular complexity index is 1260. The van der Waals surface area contributed by atoms with Crippen LogP contribution in [0.3, 0.4) is 0 Å². The lowest BCUT2D eigenvalue weighted by Crippen LogP contribution is -2.42. The van der Waals surface area contributed by atoms with Crippen molar-refractivity contribution in [1.29, 1.82) is 0 Å². The molecule has 0 bridgehead atoms. The quantitative estimate of drug-likeness (QED) is 0.648. The first-order valence-electron chi connectivity index (χ1n) is 11.0. The summed E-state index contributed by atoms with van der Waals surface area (Å²) in [6.45, 7) is 9.16. The second-order valence-corrected chi connectivity index (χ2v) is 9.74. The summed E-state index contributed by atoms with van der Waals surface area (Å²) in [5.41, 5.74) is -1.42. The van der Waals surface area contributed by atoms with Crippen molar-refractivity contribution in [3.05, 3.63) is 51.8 Å². The van der Waals surface area contributed by atoms with Crippen LogP contribution in [0.25, 0.3) is 10.9 Å². The van der Waals surface area contributed by atoms with E-state index in [0.29, 0.717) is 25.3 Å². The molecule has 1 aliphatic heterocycles. The number of carbonyl (C=O) groups is 2. The van der Waals surface area contributed by atoms with Crippen LogP contribution in [-0.4, -0.2) is 51.4 Å². The van der Waals surface area contributed by atoms with Crippen LogP contribution in [0.4, 0.5) is 13.6 Å². The number of pyridine rings is 1. The van der Waals surface area contributed by atoms with Crippen molar-refractivity contribution in [1.82, 2.24) is 9.47 Å². The molecule has 1 aromatic heterocycles. The molecule has 1 amide bonds. The Kier molecular flexibility index (Phi) is 5.87. The van der Waals surface area contributed by atoms with Gasteiger partial charge in [0.1, 0.15) is 17.8 Å². The zero-order valence-corrected chi connectivity index (χ0v) is 19.2. The molecule has 8 nitrogen and oxygen atoms in total. The fraction of sp³-hybridized carbons (Fsp3) is 0.458. The summed E-state index contributed by atoms with van der Waals surface area (Å²) < 4.78 is 42.1. The number of carbonyl (C=O) groups excluding carboxylic acids is 1. The monoisotopic (exact) mass is 476 g/mol. The first-order chi connectivity index (χ1) is 15.9. The van der Waals surface area contributed by atoms with Gasteiger partial charge in [0.15, 0.2) is 11.6 Å². The number of aromatic carboxylic acids is 1. The number of halogens is 2. The number of likely N-dealkylation sites (tertiary alicyclic amines) is 1. The highest BCUT2D eigenvalue weighted by molar-refractivity contribution is 5.94. The topological polar surface area (TPSA) is 98.1 Å². The van der Waals surface area contributed by atoms with Gasteiger partial charge < -0.3 is 19.1 Å². The number of carboxylic acids is 1. The molecule has 182 valence electrons. The lowest BCUT2D eigenvalue weighted by atomic mass is 10.1. The second-order valence-electron chi connectivity index (χ2n) is 9.74. The van der Waals surface area contributed by atoms with Gasteiger partial charge in [-0.1, -0.05) is 12.2 Å². The van der Waals surface area contributed by atoms with Crippen LogP contribution in [-0.2, 0) is 4.74 Å². The summed E-state index contributed by atoms with van der Waals surface area (Å²) in [5, 5.41) is 9.13. The summed E-state index contributed by atoms with van der Waals surface area (Å²) in [6, 6.07) is 0.00710. The van der Waals surface area contributed by atoms with Gasteiger partial charge >= 0.3 is 12.1 Å². The number of hydrogen-bond acceptors (Lipinski definition) is 5. The molecule has 1 aliphatic carbocycles. The average Bonchev–Trinajstić information content (AvgIpc) is 3.49. The maximum atomic E-state index is 15.0. The molecule has 1 saturated heterocycles. The lowest BCUT2D eigenvalue weighted by Gasteiger charge is -2.28. The fourth-order valence-electron chi connectivity index (χ4n) is 4.10. The van der Waals surface area contributed by atoms with Crippen LogP contribution < -0.4 is 10.2 Å². The van der Waals surface area contributed by atoms with E-state index in [0.717, 1.165) is 11.8 Å². The lowest BCUT2D eigenvalue weighted by molar-refractivity contribution is 0.0189. The van der Waals surface area contributed by atoms with Gasteiger partial charge in [-0.05, 0) is 46.1 Å². The van der Waals surface area contributed by atoms with Crippen molar-refractivity contribution >= 4 is 23.0 Å². The Morgan fingerprint density at radius 2 is 1.94 bits per heavy atom. The molecule has 1 aromatic carbocycles. The second kappa shape index (κ2) is 8.41. The van der Waals surface area contributed by atoms with Gasteiger partial charge in [-0.25, -0.2) is 14.0 Å². The van der Waals surface area contributed by atoms with Crippen LogP contribution in [0.1, 0.15) is 56.4 Å². The van der Waals surface area contributed by atoms with Gasteiger partial charge in [-0.15, -0.1) is 0 Å². The summed E-state index contributed by atoms with van der Waals surface area (Å²) in [7, 11) is 0. The van der Waals surface area contributed by atoms with Gasteiger partial charge in [-0.3, -0.25) is 9.69 Å². The molecule has 4 rings (SSSR count). The summed E-state index contributed by atoms with van der Waals surface area (Å²) in [4.78, 5) is 38.3. The SMILES string of the molecule is C=C1C[C@@H](COc2c(F)c(F)cc3c(=O)c(C(=O)O)cn(C4CC4)c23)N(C(=O)OC(C)(C)C)C1. The third-order valence-electron chi connectivity index (χ3n) is 5.74. The number of benzene rings is 1. The molecular weight excluding hydrogens is 450 g/mol. The van der Waals surface area contributed by atoms with E-state index in [4.69, 9.17) is 9.47 Å². The van der Waals surface area contributed by atoms with Crippen LogP contribution in [0, 0.1) is 11.6 Å². The number of amides is 1. The van der Waals surface area contributed by atoms with Gasteiger partial charge in [0.25, 0.3) is 0 Å². The number of aromatic nitrogens is 1. The minimum Gasteiger partial charge on any atom is -0.486 e. The maximum Gasteiger partial charge on any atom is 0.410 e. The zero-order valence-electron chi connectivity index (χ0n) is 19.2. The minimum atomic E-state index is -1.45. The molecule has 2 aliphatic rings. The molecule has 2 heterocycles. The Morgan fingerprint density at radius 3 is 2.53 bits per heavy atom. The van der Waals surface area contributed by atoms with Crippen LogP contribution in [0.15, 0.2) is 29.2 Å². The highest BCUT2D eigenvalue weighted by Gasteiger charge is 2.36. The van der Waals surface area contributed by atoms with E-state index in [1.165, 1.54) is 9.47 Å². The van der Waals surface area contributed by atoms with Crippen molar-refractivity contribution in [2.45, 2.75) is 57.7 Å². The molecule has 2 fully saturated rings. The van der Waals surface area contributed by atoms with Crippen molar-refractivity contribution in [3.63, 3.8) is 0 Å². The van der Waals surface area contributed by atoms with E-state index in [1.54, 1.807) is 20.8 Å². The number of carboxylic acid groups (broad SMARTS) is 1. The van der Waals surface area contributed by atoms with Gasteiger partial charge in [0.2, 0.25) is 11.2 Å². The average molecular weight is 476 g/mol. The molecule has 2 aromatic rings. The highest BCUT2D eigenvalue weighted by Crippen LogP contribution is 2.41. The fourth-order valence-corrected chi connectivity index (χ4v) is 4.10. The van der Waals surface area contributed by atoms with Crippen molar-refractivity contribution in [2.75, 3.05) is 13.2 Å². The molecule has 0 unspecified atom stereocenters. The normalized spacial score (nSPS) is 18.4. The number of nitrogens with zero attached hydrogens (tertiary/aromatic N) is 2. The number of rotatable bonds is 5. The first kappa shape index (κ1) is 23.7. The van der Waals surface area contributed by atoms with Crippen LogP contribution in [0.5, 0.6) is 5.75 Å². The van der Waals surface area contributed by atoms with Crippen molar-refractivity contribution < 1.29 is 33.0 Å². The van der Waals surface area contributed by atoms with E-state index >= 15 is 0 Å². The molecule has 1 N–H and O–H groups in total. The molecule has 0 radical (unpaired) electrons. The minimum absolute atomic E-state index is 0.00274. The largest absolute Gasteiger partial charge is 0.486 e. The van der Waals surface area contributed by atoms with E-state index in [-0.39, 0.29) is 30.1 Å². The third-order valence-corrected chi connectivity index (χ3v) is 5.74. The van der Waals surface area contributed by atoms with Crippen molar-refractivity contribution in [3.8, 4) is 5.75 Å². The van der Waals surface area contributed by atoms with Gasteiger partial charge in [0, 0.05) is 18.8 Å². The molecule has 34 heavy (non-hydrogen) atoms. The van der Waals surface area contributed by atoms with E-state index in [1.807, 2.05) is 0 Å². The molecule has 10 heteroatoms. The van der Waals surface area contributed by atoms with Gasteiger partial charge in [0.05, 0.1) is 16.9 Å². The third kappa shape index (κ3) is 4.49. The molecule has 1 atom stereocenters. The van der Waals surface area contributed by atoms with Gasteiger partial charge in [-0.2, -0.15) is 4.39 Å². The van der Waals surface area contributed by atoms with E-state index < -0.39 is 52.1 Å². The Balaban J connectivity index is 1.73. The number of fused-ring (bicyclic) bond motifs is 1. The number of hydrogen-bond donors (Lipinski definition) is 1. The first-order valence-corrected chi connectivity index (χ1v) is 11.0. The Hall–Kier alpha value is -3.43. The van der Waals surface area contributed by atoms with Crippen LogP contribution >= 0.6 is 0 Å². The maximum absolute atomic E-state index is 15.0. The smallest absolute Gasteiger partial charge is 0.410 e. The Labute approximate surface area is 194 Å². The van der Waals surface area contributed by atoms with E-state index in [9.17, 15) is 28.3 Å². The van der Waals surface area contributed by atoms with Crippen molar-refractivity contribution in [2.24, 2.45) is 0 Å².